The number of nitrogens with one attached hydrogen (secondary N) is 3. The summed E-state index contributed by atoms with van der Waals surface area (Å²) in [5, 5.41) is 24.9. The highest BCUT2D eigenvalue weighted by Gasteiger charge is 2.33. The number of benzene rings is 4. The van der Waals surface area contributed by atoms with Gasteiger partial charge in [-0.15, -0.1) is 0 Å². The number of hydrogen-bond acceptors (Lipinski definition) is 12. The highest BCUT2D eigenvalue weighted by atomic mass is 32.1. The van der Waals surface area contributed by atoms with Gasteiger partial charge in [0.2, 0.25) is 17.7 Å². The summed E-state index contributed by atoms with van der Waals surface area (Å²) in [7, 11) is 1.81. The monoisotopic (exact) mass is 973 g/mol. The lowest BCUT2D eigenvalue weighted by Gasteiger charge is -2.35. The number of rotatable bonds is 14. The topological polar surface area (TPSA) is 201 Å². The number of aryl methyl sites for hydroxylation is 1. The quantitative estimate of drug-likeness (QED) is 0.0599. The fourth-order valence-corrected chi connectivity index (χ4v) is 11.2. The number of likely N-dealkylation sites (tertiary alicyclic amines) is 1. The molecule has 7 aromatic rings. The van der Waals surface area contributed by atoms with Crippen LogP contribution in [0.4, 0.5) is 16.6 Å². The average molecular weight is 974 g/mol. The van der Waals surface area contributed by atoms with Crippen LogP contribution in [0.3, 0.4) is 0 Å². The van der Waals surface area contributed by atoms with E-state index < -0.39 is 11.9 Å². The highest BCUT2D eigenvalue weighted by molar-refractivity contribution is 7.22. The second kappa shape index (κ2) is 20.1. The number of hydrogen-bond donors (Lipinski definition) is 4. The smallest absolute Gasteiger partial charge is 0.355 e. The van der Waals surface area contributed by atoms with Crippen LogP contribution in [0, 0.1) is 12.8 Å². The largest absolute Gasteiger partial charge is 0.493 e. The number of imide groups is 1. The number of anilines is 3. The van der Waals surface area contributed by atoms with Gasteiger partial charge in [-0.3, -0.25) is 39.4 Å². The summed E-state index contributed by atoms with van der Waals surface area (Å²) < 4.78 is 9.04. The zero-order chi connectivity index (χ0) is 49.3. The van der Waals surface area contributed by atoms with Crippen molar-refractivity contribution >= 4 is 78.7 Å². The molecular weight excluding hydrogens is 919 g/mol. The summed E-state index contributed by atoms with van der Waals surface area (Å²) in [6.07, 6.45) is 5.15. The van der Waals surface area contributed by atoms with E-state index in [1.165, 1.54) is 11.3 Å². The van der Waals surface area contributed by atoms with Crippen molar-refractivity contribution in [1.29, 1.82) is 0 Å². The number of amides is 4. The third-order valence-corrected chi connectivity index (χ3v) is 15.3. The summed E-state index contributed by atoms with van der Waals surface area (Å²) in [6, 6.07) is 28.1. The second-order valence-electron chi connectivity index (χ2n) is 18.7. The van der Waals surface area contributed by atoms with Crippen LogP contribution >= 0.6 is 11.3 Å². The molecule has 3 aromatic heterocycles. The lowest BCUT2D eigenvalue weighted by molar-refractivity contribution is -0.134. The van der Waals surface area contributed by atoms with Gasteiger partial charge >= 0.3 is 5.97 Å². The molecule has 0 bridgehead atoms. The molecule has 71 heavy (non-hydrogen) atoms. The van der Waals surface area contributed by atoms with Crippen molar-refractivity contribution in [2.24, 2.45) is 13.0 Å². The maximum absolute atomic E-state index is 13.6. The van der Waals surface area contributed by atoms with Gasteiger partial charge in [0.05, 0.1) is 40.0 Å². The molecule has 364 valence electrons. The number of nitrogens with zero attached hydrogens (tertiary/aromatic N) is 6. The van der Waals surface area contributed by atoms with Crippen molar-refractivity contribution in [3.8, 4) is 16.9 Å². The molecule has 4 amide bonds. The Morgan fingerprint density at radius 3 is 2.52 bits per heavy atom. The molecule has 16 nitrogen and oxygen atoms in total. The summed E-state index contributed by atoms with van der Waals surface area (Å²) in [5.41, 5.74) is 7.42. The molecule has 3 aliphatic rings. The number of aromatic nitrogens is 4. The molecule has 2 atom stereocenters. The van der Waals surface area contributed by atoms with Crippen LogP contribution in [0.1, 0.15) is 94.6 Å². The Morgan fingerprint density at radius 2 is 1.72 bits per heavy atom. The first-order valence-corrected chi connectivity index (χ1v) is 25.0. The third-order valence-electron chi connectivity index (χ3n) is 14.3. The maximum atomic E-state index is 13.6. The lowest BCUT2D eigenvalue weighted by atomic mass is 9.91. The maximum Gasteiger partial charge on any atom is 0.355 e. The number of carboxylic acid groups (broad SMARTS) is 1. The van der Waals surface area contributed by atoms with Crippen LogP contribution in [0.15, 0.2) is 91.0 Å². The second-order valence-corrected chi connectivity index (χ2v) is 19.8. The number of carbonyl (C=O) groups excluding carboxylic acids is 4. The molecule has 3 aliphatic heterocycles. The van der Waals surface area contributed by atoms with Gasteiger partial charge in [-0.05, 0) is 148 Å². The van der Waals surface area contributed by atoms with Gasteiger partial charge in [-0.2, -0.15) is 5.10 Å². The third kappa shape index (κ3) is 9.84. The Balaban J connectivity index is 0.717. The van der Waals surface area contributed by atoms with Crippen molar-refractivity contribution in [2.75, 3.05) is 41.8 Å². The molecule has 0 radical (unpaired) electrons. The van der Waals surface area contributed by atoms with Crippen molar-refractivity contribution in [3.05, 3.63) is 125 Å². The molecule has 4 N–H and O–H groups in total. The number of para-hydroxylation sites is 1. The minimum Gasteiger partial charge on any atom is -0.493 e. The molecule has 2 fully saturated rings. The van der Waals surface area contributed by atoms with Crippen LogP contribution in [-0.2, 0) is 34.4 Å². The molecule has 0 spiro atoms. The van der Waals surface area contributed by atoms with Gasteiger partial charge in [0, 0.05) is 48.8 Å². The van der Waals surface area contributed by atoms with Crippen LogP contribution in [0.2, 0.25) is 0 Å². The zero-order valence-electron chi connectivity index (χ0n) is 39.9. The van der Waals surface area contributed by atoms with E-state index in [4.69, 9.17) is 9.72 Å². The van der Waals surface area contributed by atoms with E-state index in [9.17, 15) is 29.1 Å². The van der Waals surface area contributed by atoms with Crippen LogP contribution in [0.5, 0.6) is 5.75 Å². The Kier molecular flexibility index (Phi) is 13.3. The fraction of sp³-hybridized carbons (Fsp3) is 0.333. The molecule has 0 aliphatic carbocycles. The average Bonchev–Trinajstić information content (AvgIpc) is 3.94. The van der Waals surface area contributed by atoms with Crippen molar-refractivity contribution < 1.29 is 33.8 Å². The van der Waals surface area contributed by atoms with E-state index in [1.807, 2.05) is 110 Å². The predicted molar refractivity (Wildman–Crippen MR) is 273 cm³/mol. The number of fused-ring (bicyclic) bond motifs is 3. The molecular formula is C54H55N9O7S. The van der Waals surface area contributed by atoms with Gasteiger partial charge in [0.25, 0.3) is 5.91 Å². The van der Waals surface area contributed by atoms with Crippen LogP contribution in [-0.4, -0.2) is 91.6 Å². The van der Waals surface area contributed by atoms with E-state index >= 15 is 0 Å². The molecule has 6 heterocycles. The first-order valence-electron chi connectivity index (χ1n) is 24.2. The Morgan fingerprint density at radius 1 is 0.901 bits per heavy atom. The lowest BCUT2D eigenvalue weighted by Crippen LogP contribution is -2.46. The Bertz CT molecular complexity index is 3200. The number of pyridine rings is 1. The molecule has 2 saturated heterocycles. The van der Waals surface area contributed by atoms with Gasteiger partial charge in [-0.1, -0.05) is 47.7 Å². The summed E-state index contributed by atoms with van der Waals surface area (Å²) in [6.45, 7) is 7.02. The standard InChI is InChI=1S/C54H55N9O7S/c1-31-36(37-18-20-46(57-49(37)53(68)69)63-27-24-34-10-6-12-38(41(34)30-63)51(66)59-54-56-42-13-4-5-15-45(42)71-54)11-7-14-44(31)70-28-8-9-33-22-25-62(26-23-33)32(2)50(65)55-35-16-17-39-43(29-35)61(3)60-48(39)40-19-21-47(64)58-52(40)67/h4-7,10-18,20,29,32-33,40H,8-9,19,21-28,30H2,1-3H3,(H,55,65)(H,68,69)(H,56,59,66)(H,58,64,67)/t32-,40?/m1/s1. The number of carbonyl (C=O) groups is 5. The SMILES string of the molecule is Cc1c(OCCCC2CCN([C@H](C)C(=O)Nc3ccc4c(C5CCC(=O)NC5=O)nn(C)c4c3)CC2)cccc1-c1ccc(N2CCc3cccc(C(=O)Nc4nc5ccccc5s4)c3C2)nc1C(=O)O. The molecule has 1 unspecified atom stereocenters. The Labute approximate surface area is 414 Å². The first kappa shape index (κ1) is 47.2. The van der Waals surface area contributed by atoms with Crippen molar-refractivity contribution in [2.45, 2.75) is 77.3 Å². The minimum atomic E-state index is -1.13. The molecule has 10 rings (SSSR count). The van der Waals surface area contributed by atoms with Gasteiger partial charge < -0.3 is 20.1 Å². The molecule has 17 heteroatoms. The van der Waals surface area contributed by atoms with Gasteiger partial charge in [0.1, 0.15) is 11.6 Å². The number of aromatic carboxylic acids is 1. The summed E-state index contributed by atoms with van der Waals surface area (Å²) in [4.78, 5) is 77.7. The van der Waals surface area contributed by atoms with Gasteiger partial charge in [0.15, 0.2) is 10.8 Å². The van der Waals surface area contributed by atoms with Crippen molar-refractivity contribution in [1.82, 2.24) is 30.0 Å². The van der Waals surface area contributed by atoms with Crippen LogP contribution < -0.4 is 25.6 Å². The van der Waals surface area contributed by atoms with E-state index in [-0.39, 0.29) is 41.8 Å². The summed E-state index contributed by atoms with van der Waals surface area (Å²) >= 11 is 1.43. The minimum absolute atomic E-state index is 0.0538. The molecule has 0 saturated carbocycles. The van der Waals surface area contributed by atoms with E-state index in [0.29, 0.717) is 77.7 Å². The fourth-order valence-electron chi connectivity index (χ4n) is 10.3. The van der Waals surface area contributed by atoms with E-state index in [2.05, 4.69) is 30.9 Å². The highest BCUT2D eigenvalue weighted by Crippen LogP contribution is 2.36. The van der Waals surface area contributed by atoms with E-state index in [1.54, 1.807) is 11.7 Å². The molecule has 4 aromatic carbocycles. The predicted octanol–water partition coefficient (Wildman–Crippen LogP) is 8.49. The summed E-state index contributed by atoms with van der Waals surface area (Å²) in [5.74, 6) is -0.832. The van der Waals surface area contributed by atoms with Crippen molar-refractivity contribution in [3.63, 3.8) is 0 Å². The van der Waals surface area contributed by atoms with Gasteiger partial charge in [-0.25, -0.2) is 14.8 Å². The zero-order valence-corrected chi connectivity index (χ0v) is 40.7. The van der Waals surface area contributed by atoms with E-state index in [0.717, 1.165) is 82.1 Å². The number of piperidine rings is 2. The Hall–Kier alpha value is -7.50. The van der Waals surface area contributed by atoms with Crippen LogP contribution in [0.25, 0.3) is 32.2 Å². The normalized spacial score (nSPS) is 16.9. The number of ether oxygens (including phenoxy) is 1. The first-order chi connectivity index (χ1) is 34.4. The number of thiazole rings is 1. The number of carboxylic acids is 1.